The van der Waals surface area contributed by atoms with Gasteiger partial charge in [-0.25, -0.2) is 0 Å². The van der Waals surface area contributed by atoms with Crippen molar-refractivity contribution in [1.82, 2.24) is 0 Å². The minimum Gasteiger partial charge on any atom is -0.325 e. The molecule has 0 saturated heterocycles. The molecule has 1 heterocycles. The first-order valence-electron chi connectivity index (χ1n) is 3.76. The zero-order chi connectivity index (χ0) is 7.56. The quantitative estimate of drug-likeness (QED) is 0.517. The van der Waals surface area contributed by atoms with E-state index in [-0.39, 0.29) is 5.78 Å². The number of carbonyl (C=O) groups is 1. The van der Waals surface area contributed by atoms with Crippen molar-refractivity contribution < 1.29 is 9.69 Å². The highest BCUT2D eigenvalue weighted by atomic mass is 16.1. The maximum atomic E-state index is 10.9. The van der Waals surface area contributed by atoms with Crippen LogP contribution in [0.1, 0.15) is 13.8 Å². The highest BCUT2D eigenvalue weighted by Crippen LogP contribution is 1.91. The fourth-order valence-corrected chi connectivity index (χ4v) is 1.33. The molecule has 1 aliphatic heterocycles. The van der Waals surface area contributed by atoms with Gasteiger partial charge in [-0.15, -0.1) is 0 Å². The van der Waals surface area contributed by atoms with Gasteiger partial charge < -0.3 is 4.90 Å². The number of hydrogen-bond donors (Lipinski definition) is 1. The van der Waals surface area contributed by atoms with E-state index in [1.54, 1.807) is 6.08 Å². The molecule has 10 heavy (non-hydrogen) atoms. The second-order valence-corrected chi connectivity index (χ2v) is 2.91. The lowest BCUT2D eigenvalue weighted by atomic mass is 10.1. The van der Waals surface area contributed by atoms with Crippen LogP contribution >= 0.6 is 0 Å². The third kappa shape index (κ3) is 1.67. The molecule has 0 radical (unpaired) electrons. The lowest BCUT2D eigenvalue weighted by Gasteiger charge is -2.19. The van der Waals surface area contributed by atoms with Gasteiger partial charge in [0, 0.05) is 0 Å². The Hall–Kier alpha value is -0.630. The van der Waals surface area contributed by atoms with E-state index < -0.39 is 0 Å². The number of ketones is 1. The molecule has 0 aromatic heterocycles. The first-order chi connectivity index (χ1) is 4.72. The average molecular weight is 140 g/mol. The monoisotopic (exact) mass is 140 g/mol. The SMILES string of the molecule is CC[NH+]1CC(=O)C=C(C)C1. The normalized spacial score (nSPS) is 26.4. The summed E-state index contributed by atoms with van der Waals surface area (Å²) in [5.74, 6) is 0.278. The molecule has 56 valence electrons. The Morgan fingerprint density at radius 3 is 2.80 bits per heavy atom. The van der Waals surface area contributed by atoms with Gasteiger partial charge in [-0.3, -0.25) is 4.79 Å². The first kappa shape index (κ1) is 7.48. The summed E-state index contributed by atoms with van der Waals surface area (Å²) in [6, 6.07) is 0. The molecule has 0 aromatic rings. The van der Waals surface area contributed by atoms with Crippen LogP contribution in [-0.2, 0) is 4.79 Å². The van der Waals surface area contributed by atoms with Crippen LogP contribution in [0.4, 0.5) is 0 Å². The van der Waals surface area contributed by atoms with Crippen molar-refractivity contribution in [1.29, 1.82) is 0 Å². The molecule has 0 bridgehead atoms. The van der Waals surface area contributed by atoms with E-state index in [1.807, 2.05) is 6.92 Å². The van der Waals surface area contributed by atoms with E-state index in [0.29, 0.717) is 6.54 Å². The van der Waals surface area contributed by atoms with Crippen molar-refractivity contribution >= 4 is 5.78 Å². The van der Waals surface area contributed by atoms with Crippen LogP contribution in [0.15, 0.2) is 11.6 Å². The predicted octanol–water partition coefficient (Wildman–Crippen LogP) is -0.580. The Labute approximate surface area is 61.5 Å². The van der Waals surface area contributed by atoms with E-state index in [2.05, 4.69) is 6.92 Å². The topological polar surface area (TPSA) is 21.5 Å². The lowest BCUT2D eigenvalue weighted by Crippen LogP contribution is -3.13. The van der Waals surface area contributed by atoms with E-state index >= 15 is 0 Å². The van der Waals surface area contributed by atoms with Crippen LogP contribution < -0.4 is 4.90 Å². The first-order valence-corrected chi connectivity index (χ1v) is 3.76. The standard InChI is InChI=1S/C8H13NO/c1-3-9-5-7(2)4-8(10)6-9/h4H,3,5-6H2,1-2H3/p+1. The third-order valence-corrected chi connectivity index (χ3v) is 1.86. The summed E-state index contributed by atoms with van der Waals surface area (Å²) in [5.41, 5.74) is 1.22. The number of nitrogens with one attached hydrogen (secondary N) is 1. The Kier molecular flexibility index (Phi) is 2.22. The van der Waals surface area contributed by atoms with Gasteiger partial charge in [-0.2, -0.15) is 0 Å². The molecule has 0 saturated carbocycles. The van der Waals surface area contributed by atoms with Crippen LogP contribution in [-0.4, -0.2) is 25.4 Å². The van der Waals surface area contributed by atoms with Crippen LogP contribution in [0.3, 0.4) is 0 Å². The fraction of sp³-hybridized carbons (Fsp3) is 0.625. The van der Waals surface area contributed by atoms with Crippen molar-refractivity contribution in [3.63, 3.8) is 0 Å². The summed E-state index contributed by atoms with van der Waals surface area (Å²) in [5, 5.41) is 0. The highest BCUT2D eigenvalue weighted by Gasteiger charge is 2.16. The Balaban J connectivity index is 2.60. The second kappa shape index (κ2) is 2.97. The summed E-state index contributed by atoms with van der Waals surface area (Å²) in [4.78, 5) is 12.3. The summed E-state index contributed by atoms with van der Waals surface area (Å²) < 4.78 is 0. The number of rotatable bonds is 1. The smallest absolute Gasteiger partial charge is 0.209 e. The van der Waals surface area contributed by atoms with Gasteiger partial charge in [-0.05, 0) is 25.5 Å². The van der Waals surface area contributed by atoms with Crippen LogP contribution in [0.25, 0.3) is 0 Å². The minimum absolute atomic E-state index is 0.278. The maximum Gasteiger partial charge on any atom is 0.209 e. The Morgan fingerprint density at radius 2 is 2.30 bits per heavy atom. The van der Waals surface area contributed by atoms with Crippen molar-refractivity contribution in [3.05, 3.63) is 11.6 Å². The van der Waals surface area contributed by atoms with E-state index in [9.17, 15) is 4.79 Å². The summed E-state index contributed by atoms with van der Waals surface area (Å²) in [6.07, 6.45) is 1.76. The van der Waals surface area contributed by atoms with E-state index in [1.165, 1.54) is 10.5 Å². The zero-order valence-electron chi connectivity index (χ0n) is 6.61. The summed E-state index contributed by atoms with van der Waals surface area (Å²) in [7, 11) is 0. The summed E-state index contributed by atoms with van der Waals surface area (Å²) in [6.45, 7) is 6.92. The van der Waals surface area contributed by atoms with Crippen molar-refractivity contribution in [2.45, 2.75) is 13.8 Å². The molecule has 2 heteroatoms. The number of quaternary nitrogens is 1. The van der Waals surface area contributed by atoms with E-state index in [4.69, 9.17) is 0 Å². The molecule has 1 aliphatic rings. The van der Waals surface area contributed by atoms with Crippen LogP contribution in [0.5, 0.6) is 0 Å². The third-order valence-electron chi connectivity index (χ3n) is 1.86. The van der Waals surface area contributed by atoms with Crippen molar-refractivity contribution in [3.8, 4) is 0 Å². The van der Waals surface area contributed by atoms with Gasteiger partial charge in [0.2, 0.25) is 5.78 Å². The molecule has 1 rings (SSSR count). The molecule has 1 atom stereocenters. The Bertz CT molecular complexity index is 172. The molecule has 1 N–H and O–H groups in total. The molecule has 0 aliphatic carbocycles. The molecule has 2 nitrogen and oxygen atoms in total. The van der Waals surface area contributed by atoms with Gasteiger partial charge in [-0.1, -0.05) is 0 Å². The summed E-state index contributed by atoms with van der Waals surface area (Å²) >= 11 is 0. The lowest BCUT2D eigenvalue weighted by molar-refractivity contribution is -0.885. The van der Waals surface area contributed by atoms with Gasteiger partial charge >= 0.3 is 0 Å². The maximum absolute atomic E-state index is 10.9. The Morgan fingerprint density at radius 1 is 1.60 bits per heavy atom. The van der Waals surface area contributed by atoms with Gasteiger partial charge in [0.15, 0.2) is 0 Å². The molecule has 0 aromatic carbocycles. The van der Waals surface area contributed by atoms with E-state index in [0.717, 1.165) is 13.1 Å². The highest BCUT2D eigenvalue weighted by molar-refractivity contribution is 5.91. The molecule has 0 fully saturated rings. The van der Waals surface area contributed by atoms with Crippen LogP contribution in [0.2, 0.25) is 0 Å². The molecule has 0 spiro atoms. The largest absolute Gasteiger partial charge is 0.325 e. The number of hydrogen-bond acceptors (Lipinski definition) is 1. The minimum atomic E-state index is 0.278. The van der Waals surface area contributed by atoms with Gasteiger partial charge in [0.1, 0.15) is 6.54 Å². The molecular formula is C8H14NO+. The van der Waals surface area contributed by atoms with Gasteiger partial charge in [0.05, 0.1) is 13.1 Å². The van der Waals surface area contributed by atoms with Crippen molar-refractivity contribution in [2.75, 3.05) is 19.6 Å². The number of likely N-dealkylation sites (N-methyl/N-ethyl adjacent to an activating group) is 1. The predicted molar refractivity (Wildman–Crippen MR) is 40.0 cm³/mol. The van der Waals surface area contributed by atoms with Crippen LogP contribution in [0, 0.1) is 0 Å². The average Bonchev–Trinajstić information content (AvgIpc) is 1.85. The fourth-order valence-electron chi connectivity index (χ4n) is 1.33. The molecule has 0 amide bonds. The second-order valence-electron chi connectivity index (χ2n) is 2.91. The molecule has 1 unspecified atom stereocenters. The number of carbonyl (C=O) groups excluding carboxylic acids is 1. The van der Waals surface area contributed by atoms with Gasteiger partial charge in [0.25, 0.3) is 0 Å². The zero-order valence-corrected chi connectivity index (χ0v) is 6.61. The van der Waals surface area contributed by atoms with Crippen molar-refractivity contribution in [2.24, 2.45) is 0 Å². The molecular weight excluding hydrogens is 126 g/mol.